The van der Waals surface area contributed by atoms with Crippen molar-refractivity contribution in [2.24, 2.45) is 11.8 Å². The molecule has 0 unspecified atom stereocenters. The van der Waals surface area contributed by atoms with Crippen molar-refractivity contribution in [3.05, 3.63) is 0 Å². The van der Waals surface area contributed by atoms with Crippen molar-refractivity contribution in [2.45, 2.75) is 59.8 Å². The molecule has 114 valence electrons. The first kappa shape index (κ1) is 18.4. The van der Waals surface area contributed by atoms with Gasteiger partial charge in [0.25, 0.3) is 0 Å². The number of esters is 1. The summed E-state index contributed by atoms with van der Waals surface area (Å²) in [5, 5.41) is 0. The second kappa shape index (κ2) is 12.4. The van der Waals surface area contributed by atoms with Gasteiger partial charge in [0.15, 0.2) is 0 Å². The Morgan fingerprint density at radius 2 is 1.37 bits per heavy atom. The van der Waals surface area contributed by atoms with Crippen LogP contribution in [0.3, 0.4) is 0 Å². The molecule has 0 radical (unpaired) electrons. The minimum atomic E-state index is -0.210. The van der Waals surface area contributed by atoms with Crippen LogP contribution in [0.25, 0.3) is 0 Å². The van der Waals surface area contributed by atoms with Crippen LogP contribution < -0.4 is 0 Å². The molecule has 4 heteroatoms. The number of ether oxygens (including phenoxy) is 1. The molecule has 0 aliphatic heterocycles. The summed E-state index contributed by atoms with van der Waals surface area (Å²) in [7, 11) is 0. The maximum atomic E-state index is 11.4. The molecule has 0 aromatic heterocycles. The number of carbonyl (C=O) groups is 1. The van der Waals surface area contributed by atoms with E-state index in [0.29, 0.717) is 25.0 Å². The van der Waals surface area contributed by atoms with Gasteiger partial charge in [-0.25, -0.2) is 9.78 Å². The van der Waals surface area contributed by atoms with Gasteiger partial charge < -0.3 is 4.74 Å². The molecule has 19 heavy (non-hydrogen) atoms. The smallest absolute Gasteiger partial charge is 0.308 e. The Morgan fingerprint density at radius 1 is 0.842 bits per heavy atom. The quantitative estimate of drug-likeness (QED) is 0.235. The van der Waals surface area contributed by atoms with Crippen LogP contribution in [0.15, 0.2) is 0 Å². The average Bonchev–Trinajstić information content (AvgIpc) is 2.44. The van der Waals surface area contributed by atoms with Crippen molar-refractivity contribution in [1.29, 1.82) is 0 Å². The Bertz CT molecular complexity index is 210. The van der Waals surface area contributed by atoms with Crippen LogP contribution in [0.5, 0.6) is 0 Å². The zero-order chi connectivity index (χ0) is 14.5. The third kappa shape index (κ3) is 9.91. The first-order valence-electron chi connectivity index (χ1n) is 7.57. The summed E-state index contributed by atoms with van der Waals surface area (Å²) in [6.45, 7) is 9.85. The minimum Gasteiger partial charge on any atom is -0.465 e. The van der Waals surface area contributed by atoms with Gasteiger partial charge in [0.05, 0.1) is 26.2 Å². The summed E-state index contributed by atoms with van der Waals surface area (Å²) in [5.41, 5.74) is 0. The van der Waals surface area contributed by atoms with Crippen LogP contribution in [-0.2, 0) is 19.3 Å². The van der Waals surface area contributed by atoms with E-state index in [2.05, 4.69) is 27.7 Å². The number of hydrogen-bond donors (Lipinski definition) is 0. The van der Waals surface area contributed by atoms with E-state index in [0.717, 1.165) is 25.7 Å². The maximum absolute atomic E-state index is 11.4. The summed E-state index contributed by atoms with van der Waals surface area (Å²) in [6.07, 6.45) is 4.50. The van der Waals surface area contributed by atoms with Gasteiger partial charge in [0, 0.05) is 0 Å². The Morgan fingerprint density at radius 3 is 1.89 bits per heavy atom. The van der Waals surface area contributed by atoms with Crippen molar-refractivity contribution in [3.63, 3.8) is 0 Å². The van der Waals surface area contributed by atoms with Gasteiger partial charge >= 0.3 is 5.97 Å². The molecule has 0 aromatic carbocycles. The molecule has 0 bridgehead atoms. The number of carbonyl (C=O) groups excluding carboxylic acids is 1. The second-order valence-electron chi connectivity index (χ2n) is 4.90. The molecule has 0 heterocycles. The lowest BCUT2D eigenvalue weighted by Gasteiger charge is -2.13. The number of rotatable bonds is 12. The molecule has 0 amide bonds. The van der Waals surface area contributed by atoms with Crippen molar-refractivity contribution < 1.29 is 19.3 Å². The first-order valence-corrected chi connectivity index (χ1v) is 7.57. The molecule has 0 aliphatic carbocycles. The highest BCUT2D eigenvalue weighted by Gasteiger charge is 2.09. The van der Waals surface area contributed by atoms with E-state index in [1.165, 1.54) is 0 Å². The average molecular weight is 274 g/mol. The maximum Gasteiger partial charge on any atom is 0.308 e. The predicted molar refractivity (Wildman–Crippen MR) is 75.6 cm³/mol. The molecule has 0 saturated carbocycles. The Kier molecular flexibility index (Phi) is 12.0. The highest BCUT2D eigenvalue weighted by molar-refractivity contribution is 5.69. The van der Waals surface area contributed by atoms with Crippen LogP contribution in [-0.4, -0.2) is 25.8 Å². The molecular formula is C15H30O4. The fourth-order valence-corrected chi connectivity index (χ4v) is 1.66. The molecule has 4 nitrogen and oxygen atoms in total. The second-order valence-corrected chi connectivity index (χ2v) is 4.90. The van der Waals surface area contributed by atoms with E-state index in [4.69, 9.17) is 14.5 Å². The third-order valence-electron chi connectivity index (χ3n) is 3.57. The summed E-state index contributed by atoms with van der Waals surface area (Å²) in [6, 6.07) is 0. The van der Waals surface area contributed by atoms with E-state index in [1.807, 2.05) is 0 Å². The van der Waals surface area contributed by atoms with E-state index < -0.39 is 0 Å². The zero-order valence-corrected chi connectivity index (χ0v) is 12.9. The minimum absolute atomic E-state index is 0.210. The normalized spacial score (nSPS) is 11.3. The standard InChI is InChI=1S/C15H30O4/c1-5-13(6-2)11-17-15(16)9-10-18-19-12-14(7-3)8-4/h13-14H,5-12H2,1-4H3. The Balaban J connectivity index is 3.48. The monoisotopic (exact) mass is 274 g/mol. The van der Waals surface area contributed by atoms with Crippen molar-refractivity contribution >= 4 is 5.97 Å². The van der Waals surface area contributed by atoms with Gasteiger partial charge in [-0.3, -0.25) is 4.79 Å². The lowest BCUT2D eigenvalue weighted by Crippen LogP contribution is -2.15. The Hall–Kier alpha value is -0.610. The van der Waals surface area contributed by atoms with E-state index in [-0.39, 0.29) is 19.0 Å². The summed E-state index contributed by atoms with van der Waals surface area (Å²) in [5.74, 6) is 0.788. The van der Waals surface area contributed by atoms with Crippen molar-refractivity contribution in [3.8, 4) is 0 Å². The highest BCUT2D eigenvalue weighted by atomic mass is 17.2. The van der Waals surface area contributed by atoms with Crippen LogP contribution in [0.4, 0.5) is 0 Å². The summed E-state index contributed by atoms with van der Waals surface area (Å²) < 4.78 is 5.18. The fourth-order valence-electron chi connectivity index (χ4n) is 1.66. The van der Waals surface area contributed by atoms with Crippen molar-refractivity contribution in [1.82, 2.24) is 0 Å². The molecule has 0 atom stereocenters. The SMILES string of the molecule is CCC(CC)COOCCC(=O)OCC(CC)CC. The van der Waals surface area contributed by atoms with Gasteiger partial charge in [-0.1, -0.05) is 53.4 Å². The summed E-state index contributed by atoms with van der Waals surface area (Å²) in [4.78, 5) is 21.5. The van der Waals surface area contributed by atoms with Gasteiger partial charge in [-0.05, 0) is 11.8 Å². The van der Waals surface area contributed by atoms with E-state index in [9.17, 15) is 4.79 Å². The number of hydrogen-bond acceptors (Lipinski definition) is 4. The van der Waals surface area contributed by atoms with Crippen LogP contribution in [0.1, 0.15) is 59.8 Å². The van der Waals surface area contributed by atoms with Crippen molar-refractivity contribution in [2.75, 3.05) is 19.8 Å². The lowest BCUT2D eigenvalue weighted by molar-refractivity contribution is -0.301. The van der Waals surface area contributed by atoms with Crippen LogP contribution >= 0.6 is 0 Å². The molecule has 0 spiro atoms. The molecule has 0 N–H and O–H groups in total. The molecule has 0 saturated heterocycles. The van der Waals surface area contributed by atoms with Gasteiger partial charge in [0.2, 0.25) is 0 Å². The molecule has 0 rings (SSSR count). The summed E-state index contributed by atoms with van der Waals surface area (Å²) >= 11 is 0. The fraction of sp³-hybridized carbons (Fsp3) is 0.933. The van der Waals surface area contributed by atoms with Crippen LogP contribution in [0.2, 0.25) is 0 Å². The van der Waals surface area contributed by atoms with Gasteiger partial charge in [0.1, 0.15) is 0 Å². The third-order valence-corrected chi connectivity index (χ3v) is 3.57. The van der Waals surface area contributed by atoms with Gasteiger partial charge in [-0.2, -0.15) is 0 Å². The topological polar surface area (TPSA) is 44.8 Å². The highest BCUT2D eigenvalue weighted by Crippen LogP contribution is 2.09. The van der Waals surface area contributed by atoms with E-state index in [1.54, 1.807) is 0 Å². The van der Waals surface area contributed by atoms with Crippen LogP contribution in [0, 0.1) is 11.8 Å². The first-order chi connectivity index (χ1) is 9.17. The van der Waals surface area contributed by atoms with E-state index >= 15 is 0 Å². The molecule has 0 aliphatic rings. The predicted octanol–water partition coefficient (Wildman–Crippen LogP) is 3.74. The zero-order valence-electron chi connectivity index (χ0n) is 12.9. The molecule has 0 fully saturated rings. The van der Waals surface area contributed by atoms with Gasteiger partial charge in [-0.15, -0.1) is 0 Å². The molecule has 0 aromatic rings. The lowest BCUT2D eigenvalue weighted by atomic mass is 10.1. The molecular weight excluding hydrogens is 244 g/mol. The Labute approximate surface area is 117 Å². The largest absolute Gasteiger partial charge is 0.465 e.